The summed E-state index contributed by atoms with van der Waals surface area (Å²) >= 11 is 0. The largest absolute Gasteiger partial charge is 0.391 e. The van der Waals surface area contributed by atoms with Crippen LogP contribution in [-0.4, -0.2) is 6.21 Å². The Balaban J connectivity index is 1.48. The van der Waals surface area contributed by atoms with E-state index in [0.717, 1.165) is 11.1 Å². The van der Waals surface area contributed by atoms with Gasteiger partial charge in [-0.25, -0.2) is 8.78 Å². The van der Waals surface area contributed by atoms with Crippen LogP contribution in [-0.2, 0) is 11.4 Å². The molecule has 0 aliphatic heterocycles. The molecule has 4 heteroatoms. The van der Waals surface area contributed by atoms with Crippen LogP contribution >= 0.6 is 0 Å². The van der Waals surface area contributed by atoms with Gasteiger partial charge in [0.2, 0.25) is 0 Å². The third-order valence-corrected chi connectivity index (χ3v) is 4.75. The van der Waals surface area contributed by atoms with Gasteiger partial charge in [-0.05, 0) is 35.4 Å². The minimum absolute atomic E-state index is 0.0188. The highest BCUT2D eigenvalue weighted by molar-refractivity contribution is 5.79. The number of alkyl halides is 2. The molecular weight excluding hydrogens is 320 g/mol. The molecule has 3 rings (SSSR count). The Morgan fingerprint density at radius 2 is 1.64 bits per heavy atom. The Bertz CT molecular complexity index is 674. The van der Waals surface area contributed by atoms with E-state index in [1.165, 1.54) is 49.8 Å². The van der Waals surface area contributed by atoms with Gasteiger partial charge < -0.3 is 4.84 Å². The lowest BCUT2D eigenvalue weighted by Crippen LogP contribution is -2.04. The second-order valence-electron chi connectivity index (χ2n) is 6.55. The van der Waals surface area contributed by atoms with E-state index in [9.17, 15) is 8.78 Å². The molecule has 1 saturated carbocycles. The summed E-state index contributed by atoms with van der Waals surface area (Å²) in [4.78, 5) is 5.25. The first-order valence-electron chi connectivity index (χ1n) is 8.84. The van der Waals surface area contributed by atoms with Crippen LogP contribution in [0.1, 0.15) is 66.7 Å². The maximum Gasteiger partial charge on any atom is 0.263 e. The number of nitrogens with zero attached hydrogens (tertiary/aromatic N) is 1. The zero-order valence-electron chi connectivity index (χ0n) is 14.2. The van der Waals surface area contributed by atoms with Gasteiger partial charge >= 0.3 is 0 Å². The summed E-state index contributed by atoms with van der Waals surface area (Å²) in [6.07, 6.45) is 5.85. The lowest BCUT2D eigenvalue weighted by Gasteiger charge is -2.21. The van der Waals surface area contributed by atoms with E-state index >= 15 is 0 Å². The van der Waals surface area contributed by atoms with Crippen molar-refractivity contribution in [1.82, 2.24) is 0 Å². The fraction of sp³-hybridized carbons (Fsp3) is 0.381. The Labute approximate surface area is 147 Å². The van der Waals surface area contributed by atoms with Crippen LogP contribution < -0.4 is 0 Å². The molecule has 0 radical (unpaired) electrons. The average molecular weight is 343 g/mol. The molecule has 2 aromatic rings. The summed E-state index contributed by atoms with van der Waals surface area (Å²) in [5, 5.41) is 3.96. The minimum atomic E-state index is -2.44. The van der Waals surface area contributed by atoms with E-state index in [1.54, 1.807) is 18.3 Å². The third-order valence-electron chi connectivity index (χ3n) is 4.75. The topological polar surface area (TPSA) is 21.6 Å². The first-order chi connectivity index (χ1) is 12.2. The fourth-order valence-corrected chi connectivity index (χ4v) is 3.26. The van der Waals surface area contributed by atoms with Crippen LogP contribution in [0.5, 0.6) is 0 Å². The van der Waals surface area contributed by atoms with Gasteiger partial charge in [-0.1, -0.05) is 72.9 Å². The second-order valence-corrected chi connectivity index (χ2v) is 6.55. The minimum Gasteiger partial charge on any atom is -0.391 e. The molecule has 0 aromatic heterocycles. The molecule has 1 aliphatic carbocycles. The summed E-state index contributed by atoms with van der Waals surface area (Å²) in [7, 11) is 0. The van der Waals surface area contributed by atoms with Crippen molar-refractivity contribution < 1.29 is 13.6 Å². The Morgan fingerprint density at radius 3 is 2.28 bits per heavy atom. The SMILES string of the molecule is FC(F)c1ccc(CON=Cc2ccc(C3CCCCC3)cc2)cc1. The van der Waals surface area contributed by atoms with Gasteiger partial charge in [-0.2, -0.15) is 0 Å². The van der Waals surface area contributed by atoms with Gasteiger partial charge in [-0.15, -0.1) is 0 Å². The second kappa shape index (κ2) is 8.75. The van der Waals surface area contributed by atoms with E-state index in [1.807, 2.05) is 0 Å². The number of hydrogen-bond donors (Lipinski definition) is 0. The standard InChI is InChI=1S/C21H23F2NO/c22-21(23)20-12-8-17(9-13-20)15-25-24-14-16-6-10-19(11-7-16)18-4-2-1-3-5-18/h6-14,18,21H,1-5,15H2. The zero-order chi connectivity index (χ0) is 17.5. The van der Waals surface area contributed by atoms with Crippen LogP contribution in [0.4, 0.5) is 8.78 Å². The van der Waals surface area contributed by atoms with Crippen molar-refractivity contribution in [2.45, 2.75) is 51.1 Å². The van der Waals surface area contributed by atoms with Crippen LogP contribution in [0.15, 0.2) is 53.7 Å². The van der Waals surface area contributed by atoms with Crippen molar-refractivity contribution in [3.8, 4) is 0 Å². The number of rotatable bonds is 6. The summed E-state index contributed by atoms with van der Waals surface area (Å²) < 4.78 is 25.0. The van der Waals surface area contributed by atoms with Gasteiger partial charge in [0.1, 0.15) is 6.61 Å². The van der Waals surface area contributed by atoms with Gasteiger partial charge in [0.05, 0.1) is 6.21 Å². The van der Waals surface area contributed by atoms with Gasteiger partial charge in [0.15, 0.2) is 0 Å². The van der Waals surface area contributed by atoms with Gasteiger partial charge in [0, 0.05) is 5.56 Å². The number of halogens is 2. The van der Waals surface area contributed by atoms with E-state index < -0.39 is 6.43 Å². The maximum absolute atomic E-state index is 12.5. The van der Waals surface area contributed by atoms with Gasteiger partial charge in [-0.3, -0.25) is 0 Å². The Morgan fingerprint density at radius 1 is 0.960 bits per heavy atom. The molecule has 0 bridgehead atoms. The summed E-state index contributed by atoms with van der Waals surface area (Å²) in [6, 6.07) is 14.6. The maximum atomic E-state index is 12.5. The Hall–Kier alpha value is -2.23. The van der Waals surface area contributed by atoms with Gasteiger partial charge in [0.25, 0.3) is 6.43 Å². The van der Waals surface area contributed by atoms with Crippen molar-refractivity contribution in [3.63, 3.8) is 0 Å². The van der Waals surface area contributed by atoms with Crippen molar-refractivity contribution in [1.29, 1.82) is 0 Å². The van der Waals surface area contributed by atoms with Crippen molar-refractivity contribution in [3.05, 3.63) is 70.8 Å². The van der Waals surface area contributed by atoms with E-state index in [4.69, 9.17) is 4.84 Å². The average Bonchev–Trinajstić information content (AvgIpc) is 2.67. The monoisotopic (exact) mass is 343 g/mol. The first-order valence-corrected chi connectivity index (χ1v) is 8.84. The van der Waals surface area contributed by atoms with E-state index in [2.05, 4.69) is 29.4 Å². The highest BCUT2D eigenvalue weighted by Gasteiger charge is 2.14. The highest BCUT2D eigenvalue weighted by atomic mass is 19.3. The Kier molecular flexibility index (Phi) is 6.15. The molecule has 1 fully saturated rings. The lowest BCUT2D eigenvalue weighted by molar-refractivity contribution is 0.131. The van der Waals surface area contributed by atoms with Crippen molar-refractivity contribution >= 4 is 6.21 Å². The van der Waals surface area contributed by atoms with Crippen molar-refractivity contribution in [2.75, 3.05) is 0 Å². The van der Waals surface area contributed by atoms with E-state index in [0.29, 0.717) is 5.92 Å². The molecular formula is C21H23F2NO. The lowest BCUT2D eigenvalue weighted by atomic mass is 9.84. The quantitative estimate of drug-likeness (QED) is 0.450. The predicted molar refractivity (Wildman–Crippen MR) is 96.1 cm³/mol. The molecule has 1 aliphatic rings. The first kappa shape index (κ1) is 17.6. The summed E-state index contributed by atoms with van der Waals surface area (Å²) in [6.45, 7) is 0.264. The molecule has 0 N–H and O–H groups in total. The number of benzene rings is 2. The highest BCUT2D eigenvalue weighted by Crippen LogP contribution is 2.32. The third kappa shape index (κ3) is 5.12. The molecule has 0 amide bonds. The smallest absolute Gasteiger partial charge is 0.263 e. The molecule has 25 heavy (non-hydrogen) atoms. The number of oxime groups is 1. The van der Waals surface area contributed by atoms with Crippen LogP contribution in [0.25, 0.3) is 0 Å². The molecule has 0 heterocycles. The summed E-state index contributed by atoms with van der Waals surface area (Å²) in [5.74, 6) is 0.701. The van der Waals surface area contributed by atoms with E-state index in [-0.39, 0.29) is 12.2 Å². The summed E-state index contributed by atoms with van der Waals surface area (Å²) in [5.41, 5.74) is 3.24. The van der Waals surface area contributed by atoms with Crippen LogP contribution in [0.2, 0.25) is 0 Å². The predicted octanol–water partition coefficient (Wildman–Crippen LogP) is 6.22. The molecule has 2 nitrogen and oxygen atoms in total. The van der Waals surface area contributed by atoms with Crippen molar-refractivity contribution in [2.24, 2.45) is 5.16 Å². The fourth-order valence-electron chi connectivity index (χ4n) is 3.26. The number of hydrogen-bond acceptors (Lipinski definition) is 2. The molecule has 2 aromatic carbocycles. The molecule has 0 unspecified atom stereocenters. The molecule has 132 valence electrons. The zero-order valence-corrected chi connectivity index (χ0v) is 14.2. The molecule has 0 saturated heterocycles. The normalized spacial score (nSPS) is 15.8. The van der Waals surface area contributed by atoms with Crippen LogP contribution in [0.3, 0.4) is 0 Å². The molecule has 0 atom stereocenters. The van der Waals surface area contributed by atoms with Crippen LogP contribution in [0, 0.1) is 0 Å². The molecule has 0 spiro atoms.